The second-order valence-corrected chi connectivity index (χ2v) is 3.79. The molecule has 4 nitrogen and oxygen atoms in total. The number of likely N-dealkylation sites (N-methyl/N-ethyl adjacent to an activating group) is 1. The Hall–Kier alpha value is -0.610. The molecule has 1 rings (SSSR count). The molecule has 1 atom stereocenters. The number of hydrogen-bond donors (Lipinski definition) is 2. The first-order chi connectivity index (χ1) is 6.11. The highest BCUT2D eigenvalue weighted by Crippen LogP contribution is 2.24. The van der Waals surface area contributed by atoms with Crippen molar-refractivity contribution in [2.75, 3.05) is 20.1 Å². The summed E-state index contributed by atoms with van der Waals surface area (Å²) in [5.74, 6) is -0.0656. The first-order valence-electron chi connectivity index (χ1n) is 4.85. The molecule has 0 saturated heterocycles. The average molecular weight is 185 g/mol. The monoisotopic (exact) mass is 185 g/mol. The van der Waals surface area contributed by atoms with Crippen molar-refractivity contribution in [1.29, 1.82) is 0 Å². The van der Waals surface area contributed by atoms with Gasteiger partial charge in [-0.05, 0) is 26.8 Å². The van der Waals surface area contributed by atoms with Crippen LogP contribution in [0.3, 0.4) is 0 Å². The molecule has 1 fully saturated rings. The summed E-state index contributed by atoms with van der Waals surface area (Å²) in [6.07, 6.45) is 2.61. The molecule has 0 aromatic heterocycles. The minimum Gasteiger partial charge on any atom is -0.353 e. The first kappa shape index (κ1) is 10.5. The molecule has 0 unspecified atom stereocenters. The van der Waals surface area contributed by atoms with E-state index in [-0.39, 0.29) is 5.91 Å². The zero-order valence-corrected chi connectivity index (χ0v) is 8.42. The van der Waals surface area contributed by atoms with Crippen molar-refractivity contribution >= 4 is 5.91 Å². The zero-order valence-electron chi connectivity index (χ0n) is 8.42. The highest BCUT2D eigenvalue weighted by molar-refractivity contribution is 5.80. The van der Waals surface area contributed by atoms with Gasteiger partial charge in [-0.2, -0.15) is 0 Å². The van der Waals surface area contributed by atoms with Crippen LogP contribution in [0.1, 0.15) is 19.8 Å². The fourth-order valence-electron chi connectivity index (χ4n) is 1.21. The molecule has 1 amide bonds. The number of carbonyl (C=O) groups is 1. The Balaban J connectivity index is 2.02. The molecule has 0 aromatic rings. The van der Waals surface area contributed by atoms with Crippen LogP contribution in [0.4, 0.5) is 0 Å². The Kier molecular flexibility index (Phi) is 3.69. The van der Waals surface area contributed by atoms with Crippen LogP contribution in [0.25, 0.3) is 0 Å². The minimum absolute atomic E-state index is 0.0656. The Morgan fingerprint density at radius 1 is 1.69 bits per heavy atom. The molecule has 0 aromatic carbocycles. The number of carbonyl (C=O) groups excluding carboxylic acids is 1. The maximum Gasteiger partial charge on any atom is 0.236 e. The summed E-state index contributed by atoms with van der Waals surface area (Å²) < 4.78 is 0. The molecular weight excluding hydrogens is 166 g/mol. The number of nitrogens with two attached hydrogens (primary N) is 1. The van der Waals surface area contributed by atoms with E-state index in [1.54, 1.807) is 6.92 Å². The fraction of sp³-hybridized carbons (Fsp3) is 0.889. The number of rotatable bonds is 5. The van der Waals surface area contributed by atoms with Gasteiger partial charge in [0.15, 0.2) is 0 Å². The van der Waals surface area contributed by atoms with Gasteiger partial charge < -0.3 is 16.0 Å². The maximum absolute atomic E-state index is 11.1. The normalized spacial score (nSPS) is 18.8. The van der Waals surface area contributed by atoms with E-state index in [2.05, 4.69) is 17.3 Å². The summed E-state index contributed by atoms with van der Waals surface area (Å²) in [7, 11) is 2.09. The van der Waals surface area contributed by atoms with Gasteiger partial charge in [-0.1, -0.05) is 0 Å². The van der Waals surface area contributed by atoms with Gasteiger partial charge in [-0.15, -0.1) is 0 Å². The molecule has 13 heavy (non-hydrogen) atoms. The average Bonchev–Trinajstić information content (AvgIpc) is 2.85. The summed E-state index contributed by atoms with van der Waals surface area (Å²) in [5, 5.41) is 2.79. The van der Waals surface area contributed by atoms with Crippen LogP contribution in [-0.2, 0) is 4.79 Å². The topological polar surface area (TPSA) is 58.4 Å². The summed E-state index contributed by atoms with van der Waals surface area (Å²) in [6, 6.07) is 0.360. The van der Waals surface area contributed by atoms with Gasteiger partial charge >= 0.3 is 0 Å². The Labute approximate surface area is 79.5 Å². The molecule has 0 radical (unpaired) electrons. The smallest absolute Gasteiger partial charge is 0.236 e. The van der Waals surface area contributed by atoms with E-state index in [1.165, 1.54) is 12.8 Å². The van der Waals surface area contributed by atoms with Crippen LogP contribution in [0.5, 0.6) is 0 Å². The molecule has 0 bridgehead atoms. The molecule has 1 saturated carbocycles. The van der Waals surface area contributed by atoms with E-state index in [0.29, 0.717) is 6.54 Å². The van der Waals surface area contributed by atoms with Crippen molar-refractivity contribution < 1.29 is 4.79 Å². The molecule has 0 spiro atoms. The van der Waals surface area contributed by atoms with Crippen LogP contribution in [0.15, 0.2) is 0 Å². The van der Waals surface area contributed by atoms with Crippen molar-refractivity contribution in [3.05, 3.63) is 0 Å². The van der Waals surface area contributed by atoms with Gasteiger partial charge in [0.1, 0.15) is 0 Å². The third-order valence-corrected chi connectivity index (χ3v) is 2.35. The van der Waals surface area contributed by atoms with E-state index in [0.717, 1.165) is 12.6 Å². The number of nitrogens with one attached hydrogen (secondary N) is 1. The molecule has 3 N–H and O–H groups in total. The van der Waals surface area contributed by atoms with Crippen molar-refractivity contribution in [2.24, 2.45) is 5.73 Å². The maximum atomic E-state index is 11.1. The first-order valence-corrected chi connectivity index (χ1v) is 4.85. The van der Waals surface area contributed by atoms with Crippen LogP contribution in [-0.4, -0.2) is 43.0 Å². The zero-order chi connectivity index (χ0) is 9.84. The SMILES string of the molecule is C[C@H](N)C(=O)NCCN(C)C1CC1. The van der Waals surface area contributed by atoms with E-state index in [1.807, 2.05) is 0 Å². The number of nitrogens with zero attached hydrogens (tertiary/aromatic N) is 1. The number of hydrogen-bond acceptors (Lipinski definition) is 3. The lowest BCUT2D eigenvalue weighted by molar-refractivity contribution is -0.122. The van der Waals surface area contributed by atoms with Gasteiger partial charge in [0.05, 0.1) is 6.04 Å². The van der Waals surface area contributed by atoms with Crippen LogP contribution >= 0.6 is 0 Å². The van der Waals surface area contributed by atoms with Gasteiger partial charge in [0.2, 0.25) is 5.91 Å². The van der Waals surface area contributed by atoms with E-state index >= 15 is 0 Å². The second-order valence-electron chi connectivity index (χ2n) is 3.79. The van der Waals surface area contributed by atoms with Crippen molar-refractivity contribution in [2.45, 2.75) is 31.8 Å². The largest absolute Gasteiger partial charge is 0.353 e. The van der Waals surface area contributed by atoms with Crippen LogP contribution in [0, 0.1) is 0 Å². The highest BCUT2D eigenvalue weighted by Gasteiger charge is 2.25. The lowest BCUT2D eigenvalue weighted by Gasteiger charge is -2.16. The molecule has 1 aliphatic rings. The minimum atomic E-state index is -0.397. The third-order valence-electron chi connectivity index (χ3n) is 2.35. The van der Waals surface area contributed by atoms with E-state index in [9.17, 15) is 4.79 Å². The predicted octanol–water partition coefficient (Wildman–Crippen LogP) is -0.456. The van der Waals surface area contributed by atoms with E-state index < -0.39 is 6.04 Å². The van der Waals surface area contributed by atoms with Crippen molar-refractivity contribution in [3.8, 4) is 0 Å². The Bertz CT molecular complexity index is 178. The fourth-order valence-corrected chi connectivity index (χ4v) is 1.21. The van der Waals surface area contributed by atoms with Gasteiger partial charge in [-0.25, -0.2) is 0 Å². The van der Waals surface area contributed by atoms with Gasteiger partial charge in [0.25, 0.3) is 0 Å². The van der Waals surface area contributed by atoms with Crippen molar-refractivity contribution in [3.63, 3.8) is 0 Å². The lowest BCUT2D eigenvalue weighted by atomic mass is 10.3. The second kappa shape index (κ2) is 4.58. The molecule has 0 aliphatic heterocycles. The summed E-state index contributed by atoms with van der Waals surface area (Å²) >= 11 is 0. The lowest BCUT2D eigenvalue weighted by Crippen LogP contribution is -2.41. The summed E-state index contributed by atoms with van der Waals surface area (Å²) in [4.78, 5) is 13.3. The van der Waals surface area contributed by atoms with Gasteiger partial charge in [-0.3, -0.25) is 4.79 Å². The number of amides is 1. The molecule has 1 aliphatic carbocycles. The van der Waals surface area contributed by atoms with E-state index in [4.69, 9.17) is 5.73 Å². The Morgan fingerprint density at radius 2 is 2.31 bits per heavy atom. The molecule has 0 heterocycles. The predicted molar refractivity (Wildman–Crippen MR) is 52.3 cm³/mol. The molecule has 4 heteroatoms. The van der Waals surface area contributed by atoms with Crippen LogP contribution in [0.2, 0.25) is 0 Å². The summed E-state index contributed by atoms with van der Waals surface area (Å²) in [6.45, 7) is 3.32. The molecular formula is C9H19N3O. The standard InChI is InChI=1S/C9H19N3O/c1-7(10)9(13)11-5-6-12(2)8-3-4-8/h7-8H,3-6,10H2,1-2H3,(H,11,13)/t7-/m0/s1. The van der Waals surface area contributed by atoms with Crippen molar-refractivity contribution in [1.82, 2.24) is 10.2 Å². The quantitative estimate of drug-likeness (QED) is 0.609. The highest BCUT2D eigenvalue weighted by atomic mass is 16.2. The summed E-state index contributed by atoms with van der Waals surface area (Å²) in [5.41, 5.74) is 5.40. The Morgan fingerprint density at radius 3 is 2.77 bits per heavy atom. The molecule has 76 valence electrons. The third kappa shape index (κ3) is 3.74. The van der Waals surface area contributed by atoms with Crippen LogP contribution < -0.4 is 11.1 Å². The van der Waals surface area contributed by atoms with Gasteiger partial charge in [0, 0.05) is 19.1 Å².